The van der Waals surface area contributed by atoms with Crippen LogP contribution < -0.4 is 15.8 Å². The van der Waals surface area contributed by atoms with Crippen molar-refractivity contribution in [2.24, 2.45) is 28.4 Å². The summed E-state index contributed by atoms with van der Waals surface area (Å²) in [4.78, 5) is 13.0. The Kier molecular flexibility index (Phi) is 6.82. The Labute approximate surface area is 191 Å². The smallest absolute Gasteiger partial charge is 0.220 e. The number of benzene rings is 1. The number of ether oxygens (including phenoxy) is 3. The van der Waals surface area contributed by atoms with Crippen LogP contribution >= 0.6 is 0 Å². The second-order valence-corrected chi connectivity index (χ2v) is 10.2. The van der Waals surface area contributed by atoms with Crippen LogP contribution in [-0.2, 0) is 20.8 Å². The number of methoxy groups -OCH3 is 1. The molecule has 178 valence electrons. The molecule has 2 aliphatic carbocycles. The average Bonchev–Trinajstić information content (AvgIpc) is 2.79. The van der Waals surface area contributed by atoms with E-state index >= 15 is 0 Å². The van der Waals surface area contributed by atoms with E-state index in [4.69, 9.17) is 19.9 Å². The van der Waals surface area contributed by atoms with Gasteiger partial charge < -0.3 is 30.4 Å². The number of hydrogen-bond donors (Lipinski definition) is 3. The summed E-state index contributed by atoms with van der Waals surface area (Å²) < 4.78 is 17.5. The van der Waals surface area contributed by atoms with E-state index in [-0.39, 0.29) is 35.0 Å². The van der Waals surface area contributed by atoms with Crippen LogP contribution in [0.3, 0.4) is 0 Å². The van der Waals surface area contributed by atoms with E-state index in [0.717, 1.165) is 30.6 Å². The van der Waals surface area contributed by atoms with Gasteiger partial charge in [0.2, 0.25) is 5.91 Å². The van der Waals surface area contributed by atoms with Crippen LogP contribution in [0.25, 0.3) is 0 Å². The number of hydrogen-bond acceptors (Lipinski definition) is 6. The maximum atomic E-state index is 13.0. The highest BCUT2D eigenvalue weighted by Crippen LogP contribution is 2.62. The fraction of sp³-hybridized carbons (Fsp3) is 0.720. The fourth-order valence-corrected chi connectivity index (χ4v) is 6.72. The van der Waals surface area contributed by atoms with E-state index in [9.17, 15) is 9.90 Å². The van der Waals surface area contributed by atoms with Crippen molar-refractivity contribution in [3.63, 3.8) is 0 Å². The molecule has 0 bridgehead atoms. The first-order valence-corrected chi connectivity index (χ1v) is 11.9. The lowest BCUT2D eigenvalue weighted by Crippen LogP contribution is -2.63. The normalized spacial score (nSPS) is 39.0. The van der Waals surface area contributed by atoms with E-state index in [1.807, 2.05) is 24.3 Å². The summed E-state index contributed by atoms with van der Waals surface area (Å²) in [6.45, 7) is 5.90. The van der Waals surface area contributed by atoms with E-state index in [0.29, 0.717) is 38.5 Å². The summed E-state index contributed by atoms with van der Waals surface area (Å²) >= 11 is 0. The second-order valence-electron chi connectivity index (χ2n) is 10.2. The molecule has 1 aromatic rings. The standard InChI is InChI=1S/C25H38N2O5/c1-24-11-10-21-25(2,15-31-23(13-26)32-21)20(24)9-8-18(28)17(24)12-22(29)27-14-16-6-4-5-7-19(16)30-3/h4-7,17-18,20-21,23,28H,8-15,26H2,1-3H3,(H,27,29). The number of nitrogens with two attached hydrogens (primary N) is 1. The topological polar surface area (TPSA) is 103 Å². The highest BCUT2D eigenvalue weighted by atomic mass is 16.7. The van der Waals surface area contributed by atoms with Crippen molar-refractivity contribution in [2.75, 3.05) is 20.3 Å². The number of rotatable bonds is 6. The van der Waals surface area contributed by atoms with Gasteiger partial charge in [0.1, 0.15) is 5.75 Å². The summed E-state index contributed by atoms with van der Waals surface area (Å²) in [6.07, 6.45) is 3.07. The predicted octanol–water partition coefficient (Wildman–Crippen LogP) is 2.60. The lowest BCUT2D eigenvalue weighted by molar-refractivity contribution is -0.305. The molecule has 3 fully saturated rings. The molecule has 3 aliphatic rings. The number of aliphatic hydroxyl groups is 1. The molecule has 7 atom stereocenters. The summed E-state index contributed by atoms with van der Waals surface area (Å²) in [5.41, 5.74) is 6.43. The Balaban J connectivity index is 1.46. The summed E-state index contributed by atoms with van der Waals surface area (Å²) in [5.74, 6) is 0.956. The van der Waals surface area contributed by atoms with Gasteiger partial charge in [0.15, 0.2) is 6.29 Å². The minimum atomic E-state index is -0.476. The molecule has 1 amide bonds. The van der Waals surface area contributed by atoms with Crippen molar-refractivity contribution in [1.82, 2.24) is 5.32 Å². The highest BCUT2D eigenvalue weighted by molar-refractivity contribution is 5.76. The molecule has 1 heterocycles. The number of fused-ring (bicyclic) bond motifs is 3. The predicted molar refractivity (Wildman–Crippen MR) is 121 cm³/mol. The largest absolute Gasteiger partial charge is 0.496 e. The van der Waals surface area contributed by atoms with Crippen LogP contribution in [0.1, 0.15) is 51.5 Å². The van der Waals surface area contributed by atoms with Gasteiger partial charge in [0.05, 0.1) is 25.9 Å². The van der Waals surface area contributed by atoms with Crippen LogP contribution in [0.15, 0.2) is 24.3 Å². The van der Waals surface area contributed by atoms with Crippen LogP contribution in [0.4, 0.5) is 0 Å². The molecule has 4 N–H and O–H groups in total. The minimum absolute atomic E-state index is 0.0338. The molecule has 32 heavy (non-hydrogen) atoms. The van der Waals surface area contributed by atoms with Gasteiger partial charge in [0, 0.05) is 30.5 Å². The van der Waals surface area contributed by atoms with Gasteiger partial charge in [-0.05, 0) is 49.0 Å². The number of para-hydroxylation sites is 1. The lowest BCUT2D eigenvalue weighted by atomic mass is 9.46. The van der Waals surface area contributed by atoms with Crippen molar-refractivity contribution in [2.45, 2.75) is 71.0 Å². The van der Waals surface area contributed by atoms with Crippen molar-refractivity contribution in [1.29, 1.82) is 0 Å². The van der Waals surface area contributed by atoms with Crippen molar-refractivity contribution >= 4 is 5.91 Å². The van der Waals surface area contributed by atoms with Gasteiger partial charge >= 0.3 is 0 Å². The Morgan fingerprint density at radius 3 is 2.78 bits per heavy atom. The monoisotopic (exact) mass is 446 g/mol. The molecular formula is C25H38N2O5. The molecule has 0 spiro atoms. The maximum absolute atomic E-state index is 13.0. The summed E-state index contributed by atoms with van der Waals surface area (Å²) in [7, 11) is 1.63. The zero-order valence-corrected chi connectivity index (χ0v) is 19.5. The molecule has 4 rings (SSSR count). The molecule has 2 saturated carbocycles. The first-order valence-electron chi connectivity index (χ1n) is 11.9. The van der Waals surface area contributed by atoms with E-state index in [2.05, 4.69) is 19.2 Å². The zero-order chi connectivity index (χ0) is 22.9. The zero-order valence-electron chi connectivity index (χ0n) is 19.5. The third-order valence-corrected chi connectivity index (χ3v) is 8.50. The van der Waals surface area contributed by atoms with Crippen LogP contribution in [0.2, 0.25) is 0 Å². The number of carbonyl (C=O) groups excluding carboxylic acids is 1. The number of amides is 1. The van der Waals surface area contributed by atoms with Crippen LogP contribution in [0, 0.1) is 22.7 Å². The Bertz CT molecular complexity index is 819. The first-order chi connectivity index (χ1) is 15.3. The second kappa shape index (κ2) is 9.29. The van der Waals surface area contributed by atoms with Gasteiger partial charge in [-0.25, -0.2) is 0 Å². The van der Waals surface area contributed by atoms with Crippen molar-refractivity contribution in [3.8, 4) is 5.75 Å². The average molecular weight is 447 g/mol. The first kappa shape index (κ1) is 23.5. The summed E-state index contributed by atoms with van der Waals surface area (Å²) in [5, 5.41) is 14.0. The Morgan fingerprint density at radius 2 is 2.03 bits per heavy atom. The van der Waals surface area contributed by atoms with Gasteiger partial charge in [-0.3, -0.25) is 4.79 Å². The highest BCUT2D eigenvalue weighted by Gasteiger charge is 2.61. The third-order valence-electron chi connectivity index (χ3n) is 8.50. The fourth-order valence-electron chi connectivity index (χ4n) is 6.72. The molecule has 0 radical (unpaired) electrons. The van der Waals surface area contributed by atoms with E-state index in [1.54, 1.807) is 7.11 Å². The molecule has 1 aliphatic heterocycles. The molecule has 7 heteroatoms. The number of nitrogens with one attached hydrogen (secondary N) is 1. The van der Waals surface area contributed by atoms with Gasteiger partial charge in [-0.2, -0.15) is 0 Å². The molecule has 1 saturated heterocycles. The Hall–Kier alpha value is -1.67. The SMILES string of the molecule is COc1ccccc1CNC(=O)CC1C(O)CCC2C3(C)COC(CN)OC3CCC12C. The molecule has 1 aromatic carbocycles. The van der Waals surface area contributed by atoms with Crippen molar-refractivity contribution in [3.05, 3.63) is 29.8 Å². The maximum Gasteiger partial charge on any atom is 0.220 e. The van der Waals surface area contributed by atoms with E-state index in [1.165, 1.54) is 0 Å². The van der Waals surface area contributed by atoms with Gasteiger partial charge in [-0.1, -0.05) is 32.0 Å². The van der Waals surface area contributed by atoms with Crippen molar-refractivity contribution < 1.29 is 24.1 Å². The van der Waals surface area contributed by atoms with Gasteiger partial charge in [-0.15, -0.1) is 0 Å². The summed E-state index contributed by atoms with van der Waals surface area (Å²) in [6, 6.07) is 7.69. The number of aliphatic hydroxyl groups excluding tert-OH is 1. The minimum Gasteiger partial charge on any atom is -0.496 e. The Morgan fingerprint density at radius 1 is 1.25 bits per heavy atom. The van der Waals surface area contributed by atoms with Crippen LogP contribution in [0.5, 0.6) is 5.75 Å². The molecule has 7 nitrogen and oxygen atoms in total. The molecule has 7 unspecified atom stereocenters. The molecular weight excluding hydrogens is 408 g/mol. The third kappa shape index (κ3) is 4.16. The number of carbonyl (C=O) groups is 1. The lowest BCUT2D eigenvalue weighted by Gasteiger charge is -2.62. The van der Waals surface area contributed by atoms with Gasteiger partial charge in [0.25, 0.3) is 0 Å². The molecule has 0 aromatic heterocycles. The van der Waals surface area contributed by atoms with E-state index < -0.39 is 6.10 Å². The van der Waals surface area contributed by atoms with Crippen LogP contribution in [-0.4, -0.2) is 49.8 Å². The quantitative estimate of drug-likeness (QED) is 0.621.